The van der Waals surface area contributed by atoms with Gasteiger partial charge in [0.1, 0.15) is 24.1 Å². The van der Waals surface area contributed by atoms with E-state index < -0.39 is 28.5 Å². The fraction of sp³-hybridized carbons (Fsp3) is 0.375. The van der Waals surface area contributed by atoms with Crippen molar-refractivity contribution in [1.82, 2.24) is 10.2 Å². The van der Waals surface area contributed by atoms with Gasteiger partial charge in [0.15, 0.2) is 0 Å². The maximum atomic E-state index is 14.2. The number of ether oxygens (including phenoxy) is 2. The van der Waals surface area contributed by atoms with Crippen LogP contribution in [0, 0.1) is 6.92 Å². The van der Waals surface area contributed by atoms with Crippen molar-refractivity contribution in [2.75, 3.05) is 25.1 Å². The maximum Gasteiger partial charge on any atom is 0.264 e. The number of carbonyl (C=O) groups excluding carboxylic acids is 2. The molecule has 3 rings (SSSR count). The summed E-state index contributed by atoms with van der Waals surface area (Å²) in [6, 6.07) is 19.3. The minimum atomic E-state index is -4.15. The first-order valence-corrected chi connectivity index (χ1v) is 15.4. The van der Waals surface area contributed by atoms with Gasteiger partial charge in [-0.05, 0) is 80.8 Å². The molecule has 9 nitrogen and oxygen atoms in total. The topological polar surface area (TPSA) is 105 Å². The number of carbonyl (C=O) groups is 2. The van der Waals surface area contributed by atoms with Crippen LogP contribution in [0.15, 0.2) is 77.7 Å². The van der Waals surface area contributed by atoms with Crippen LogP contribution in [0.4, 0.5) is 5.69 Å². The Hall–Kier alpha value is -4.05. The van der Waals surface area contributed by atoms with E-state index in [4.69, 9.17) is 9.47 Å². The first kappa shape index (κ1) is 32.5. The van der Waals surface area contributed by atoms with Crippen molar-refractivity contribution in [2.24, 2.45) is 0 Å². The van der Waals surface area contributed by atoms with Gasteiger partial charge in [0.05, 0.1) is 24.8 Å². The number of nitrogens with one attached hydrogen (secondary N) is 1. The van der Waals surface area contributed by atoms with Crippen molar-refractivity contribution >= 4 is 27.5 Å². The molecule has 0 radical (unpaired) electrons. The van der Waals surface area contributed by atoms with Crippen LogP contribution in [0.25, 0.3) is 0 Å². The highest BCUT2D eigenvalue weighted by Crippen LogP contribution is 2.27. The Labute approximate surface area is 249 Å². The molecule has 42 heavy (non-hydrogen) atoms. The average molecular weight is 596 g/mol. The highest BCUT2D eigenvalue weighted by molar-refractivity contribution is 7.92. The molecule has 0 saturated carbocycles. The van der Waals surface area contributed by atoms with Crippen molar-refractivity contribution in [3.05, 3.63) is 83.9 Å². The summed E-state index contributed by atoms with van der Waals surface area (Å²) in [6.07, 6.45) is 1.07. The summed E-state index contributed by atoms with van der Waals surface area (Å²) in [5, 5.41) is 2.98. The summed E-state index contributed by atoms with van der Waals surface area (Å²) in [5.41, 5.74) is 1.95. The van der Waals surface area contributed by atoms with Crippen molar-refractivity contribution < 1.29 is 27.5 Å². The summed E-state index contributed by atoms with van der Waals surface area (Å²) >= 11 is 0. The monoisotopic (exact) mass is 595 g/mol. The molecule has 3 aromatic carbocycles. The number of hydrogen-bond acceptors (Lipinski definition) is 6. The quantitative estimate of drug-likeness (QED) is 0.283. The fourth-order valence-corrected chi connectivity index (χ4v) is 5.86. The van der Waals surface area contributed by atoms with Crippen molar-refractivity contribution in [3.63, 3.8) is 0 Å². The number of nitrogens with zero attached hydrogens (tertiary/aromatic N) is 2. The summed E-state index contributed by atoms with van der Waals surface area (Å²) in [6.45, 7) is 7.14. The zero-order valence-corrected chi connectivity index (χ0v) is 26.0. The van der Waals surface area contributed by atoms with Gasteiger partial charge in [0.2, 0.25) is 11.8 Å². The minimum Gasteiger partial charge on any atom is -0.497 e. The molecule has 0 unspecified atom stereocenters. The van der Waals surface area contributed by atoms with Crippen LogP contribution in [0.2, 0.25) is 0 Å². The zero-order chi connectivity index (χ0) is 30.9. The Morgan fingerprint density at radius 3 is 2.10 bits per heavy atom. The summed E-state index contributed by atoms with van der Waals surface area (Å²) in [4.78, 5) is 29.1. The lowest BCUT2D eigenvalue weighted by atomic mass is 10.1. The van der Waals surface area contributed by atoms with E-state index in [1.165, 1.54) is 24.1 Å². The smallest absolute Gasteiger partial charge is 0.264 e. The van der Waals surface area contributed by atoms with Crippen molar-refractivity contribution in [2.45, 2.75) is 64.1 Å². The molecular formula is C32H41N3O6S. The number of hydrogen-bond donors (Lipinski definition) is 1. The van der Waals surface area contributed by atoms with Crippen LogP contribution in [-0.2, 0) is 26.2 Å². The number of anilines is 1. The maximum absolute atomic E-state index is 14.2. The molecule has 0 heterocycles. The molecule has 0 fully saturated rings. The van der Waals surface area contributed by atoms with E-state index >= 15 is 0 Å². The minimum absolute atomic E-state index is 0.0534. The second-order valence-electron chi connectivity index (χ2n) is 10.1. The molecular weight excluding hydrogens is 554 g/mol. The van der Waals surface area contributed by atoms with Crippen molar-refractivity contribution in [1.29, 1.82) is 0 Å². The Morgan fingerprint density at radius 1 is 0.881 bits per heavy atom. The van der Waals surface area contributed by atoms with Gasteiger partial charge in [-0.1, -0.05) is 43.7 Å². The van der Waals surface area contributed by atoms with E-state index in [-0.39, 0.29) is 23.4 Å². The lowest BCUT2D eigenvalue weighted by molar-refractivity contribution is -0.140. The van der Waals surface area contributed by atoms with Crippen LogP contribution < -0.4 is 19.1 Å². The molecule has 0 saturated heterocycles. The SMILES string of the molecule is CC[C@H](C)NC(=O)[C@H](CC)N(Cc1cccc(OC)c1)C(=O)CN(c1ccc(OC)cc1)S(=O)(=O)c1ccc(C)cc1. The van der Waals surface area contributed by atoms with Gasteiger partial charge in [0.25, 0.3) is 10.0 Å². The van der Waals surface area contributed by atoms with E-state index in [2.05, 4.69) is 5.32 Å². The summed E-state index contributed by atoms with van der Waals surface area (Å²) in [7, 11) is -1.08. The number of amides is 2. The lowest BCUT2D eigenvalue weighted by Crippen LogP contribution is -2.53. The number of sulfonamides is 1. The van der Waals surface area contributed by atoms with Crippen LogP contribution in [0.5, 0.6) is 11.5 Å². The van der Waals surface area contributed by atoms with Crippen LogP contribution >= 0.6 is 0 Å². The third-order valence-corrected chi connectivity index (χ3v) is 8.91. The van der Waals surface area contributed by atoms with E-state index in [0.717, 1.165) is 21.9 Å². The molecule has 0 spiro atoms. The number of rotatable bonds is 14. The third kappa shape index (κ3) is 8.03. The Bertz CT molecular complexity index is 1440. The van der Waals surface area contributed by atoms with Gasteiger partial charge in [-0.2, -0.15) is 0 Å². The van der Waals surface area contributed by atoms with Gasteiger partial charge in [-0.25, -0.2) is 8.42 Å². The first-order chi connectivity index (χ1) is 20.0. The highest BCUT2D eigenvalue weighted by atomic mass is 32.2. The van der Waals surface area contributed by atoms with Gasteiger partial charge in [0, 0.05) is 12.6 Å². The number of aryl methyl sites for hydroxylation is 1. The zero-order valence-electron chi connectivity index (χ0n) is 25.2. The Kier molecular flexibility index (Phi) is 11.4. The predicted octanol–water partition coefficient (Wildman–Crippen LogP) is 4.93. The van der Waals surface area contributed by atoms with Crippen LogP contribution in [0.1, 0.15) is 44.7 Å². The van der Waals surface area contributed by atoms with E-state index in [0.29, 0.717) is 23.6 Å². The number of methoxy groups -OCH3 is 2. The third-order valence-electron chi connectivity index (χ3n) is 7.12. The molecule has 2 amide bonds. The van der Waals surface area contributed by atoms with Crippen LogP contribution in [0.3, 0.4) is 0 Å². The van der Waals surface area contributed by atoms with Crippen molar-refractivity contribution in [3.8, 4) is 11.5 Å². The molecule has 0 aliphatic heterocycles. The van der Waals surface area contributed by atoms with Gasteiger partial charge < -0.3 is 19.7 Å². The predicted molar refractivity (Wildman–Crippen MR) is 164 cm³/mol. The molecule has 1 N–H and O–H groups in total. The molecule has 10 heteroatoms. The fourth-order valence-electron chi connectivity index (χ4n) is 4.44. The van der Waals surface area contributed by atoms with Gasteiger partial charge in [-0.15, -0.1) is 0 Å². The van der Waals surface area contributed by atoms with Gasteiger partial charge in [-0.3, -0.25) is 13.9 Å². The van der Waals surface area contributed by atoms with E-state index in [9.17, 15) is 18.0 Å². The van der Waals surface area contributed by atoms with Gasteiger partial charge >= 0.3 is 0 Å². The van der Waals surface area contributed by atoms with E-state index in [1.807, 2.05) is 39.8 Å². The summed E-state index contributed by atoms with van der Waals surface area (Å²) in [5.74, 6) is 0.347. The molecule has 2 atom stereocenters. The highest BCUT2D eigenvalue weighted by Gasteiger charge is 2.34. The normalized spacial score (nSPS) is 12.6. The second kappa shape index (κ2) is 14.7. The Morgan fingerprint density at radius 2 is 1.52 bits per heavy atom. The molecule has 0 bridgehead atoms. The average Bonchev–Trinajstić information content (AvgIpc) is 2.99. The molecule has 226 valence electrons. The first-order valence-electron chi connectivity index (χ1n) is 14.0. The molecule has 0 aromatic heterocycles. The standard InChI is InChI=1S/C32H41N3O6S/c1-7-24(4)33-32(37)30(8-2)34(21-25-10-9-11-28(20-25)41-6)31(36)22-35(26-14-16-27(40-5)17-15-26)42(38,39)29-18-12-23(3)13-19-29/h9-20,24,30H,7-8,21-22H2,1-6H3,(H,33,37)/t24-,30-/m0/s1. The second-order valence-corrected chi connectivity index (χ2v) is 12.0. The molecule has 0 aliphatic carbocycles. The summed E-state index contributed by atoms with van der Waals surface area (Å²) < 4.78 is 39.7. The lowest BCUT2D eigenvalue weighted by Gasteiger charge is -2.33. The largest absolute Gasteiger partial charge is 0.497 e. The molecule has 3 aromatic rings. The molecule has 0 aliphatic rings. The van der Waals surface area contributed by atoms with Crippen LogP contribution in [-0.4, -0.2) is 58.0 Å². The Balaban J connectivity index is 2.07. The van der Waals surface area contributed by atoms with E-state index in [1.54, 1.807) is 55.6 Å². The number of benzene rings is 3.